The lowest BCUT2D eigenvalue weighted by atomic mass is 10.3. The number of aliphatic hydroxyl groups excluding tert-OH is 4. The van der Waals surface area contributed by atoms with Gasteiger partial charge in [-0.1, -0.05) is 6.92 Å². The molecule has 12 nitrogen and oxygen atoms in total. The smallest absolute Gasteiger partial charge is 0.332 e. The first-order chi connectivity index (χ1) is 11.9. The van der Waals surface area contributed by atoms with Gasteiger partial charge in [-0.25, -0.2) is 9.59 Å². The maximum absolute atomic E-state index is 9.68. The number of hydrogen-bond donors (Lipinski definition) is 8. The maximum atomic E-state index is 9.68. The van der Waals surface area contributed by atoms with Crippen LogP contribution in [0.2, 0.25) is 0 Å². The molecule has 0 radical (unpaired) electrons. The quantitative estimate of drug-likeness (QED) is 0.240. The minimum absolute atomic E-state index is 0.0354. The van der Waals surface area contributed by atoms with Crippen LogP contribution in [0.25, 0.3) is 0 Å². The van der Waals surface area contributed by atoms with Crippen molar-refractivity contribution >= 4 is 23.9 Å². The maximum Gasteiger partial charge on any atom is 0.332 e. The average Bonchev–Trinajstić information content (AvgIpc) is 2.53. The summed E-state index contributed by atoms with van der Waals surface area (Å²) >= 11 is 0. The van der Waals surface area contributed by atoms with Crippen LogP contribution >= 0.6 is 0 Å². The minimum Gasteiger partial charge on any atom is -0.481 e. The van der Waals surface area contributed by atoms with Crippen molar-refractivity contribution in [1.82, 2.24) is 0 Å². The van der Waals surface area contributed by atoms with Crippen LogP contribution in [-0.2, 0) is 19.2 Å². The fourth-order valence-electron chi connectivity index (χ4n) is 0.501. The van der Waals surface area contributed by atoms with Crippen LogP contribution in [-0.4, -0.2) is 90.2 Å². The largest absolute Gasteiger partial charge is 0.481 e. The molecule has 0 fully saturated rings. The summed E-state index contributed by atoms with van der Waals surface area (Å²) in [7, 11) is 0. The zero-order valence-electron chi connectivity index (χ0n) is 14.6. The van der Waals surface area contributed by atoms with Crippen molar-refractivity contribution in [3.8, 4) is 0 Å². The van der Waals surface area contributed by atoms with Crippen molar-refractivity contribution < 1.29 is 60.0 Å². The van der Waals surface area contributed by atoms with Crippen molar-refractivity contribution in [3.63, 3.8) is 0 Å². The lowest BCUT2D eigenvalue weighted by molar-refractivity contribution is -0.147. The first-order valence-electron chi connectivity index (χ1n) is 7.34. The van der Waals surface area contributed by atoms with E-state index in [0.717, 1.165) is 0 Å². The molecule has 2 unspecified atom stereocenters. The third-order valence-electron chi connectivity index (χ3n) is 1.90. The lowest BCUT2D eigenvalue weighted by Crippen LogP contribution is -2.17. The molecule has 8 N–H and O–H groups in total. The summed E-state index contributed by atoms with van der Waals surface area (Å²) in [6.45, 7) is 2.50. The van der Waals surface area contributed by atoms with Crippen LogP contribution < -0.4 is 0 Å². The Morgan fingerprint density at radius 3 is 1.19 bits per heavy atom. The molecule has 0 aliphatic carbocycles. The molecule has 0 saturated heterocycles. The molecule has 26 heavy (non-hydrogen) atoms. The summed E-state index contributed by atoms with van der Waals surface area (Å²) < 4.78 is 0. The van der Waals surface area contributed by atoms with Gasteiger partial charge >= 0.3 is 23.9 Å². The summed E-state index contributed by atoms with van der Waals surface area (Å²) in [5, 5.41) is 63.6. The van der Waals surface area contributed by atoms with Gasteiger partial charge in [-0.15, -0.1) is 0 Å². The molecule has 12 heteroatoms. The molecule has 2 atom stereocenters. The van der Waals surface area contributed by atoms with Crippen LogP contribution in [0, 0.1) is 0 Å². The third-order valence-corrected chi connectivity index (χ3v) is 1.90. The Kier molecular flexibility index (Phi) is 27.5. The van der Waals surface area contributed by atoms with Gasteiger partial charge in [0.15, 0.2) is 6.10 Å². The van der Waals surface area contributed by atoms with Gasteiger partial charge in [0.1, 0.15) is 6.10 Å². The van der Waals surface area contributed by atoms with Crippen LogP contribution in [0.3, 0.4) is 0 Å². The Bertz CT molecular complexity index is 380. The van der Waals surface area contributed by atoms with E-state index < -0.39 is 36.1 Å². The number of carboxylic acids is 4. The van der Waals surface area contributed by atoms with E-state index in [-0.39, 0.29) is 32.5 Å². The summed E-state index contributed by atoms with van der Waals surface area (Å²) in [5.74, 6) is -4.15. The van der Waals surface area contributed by atoms with E-state index in [4.69, 9.17) is 40.9 Å². The molecular formula is C14H28O12. The average molecular weight is 388 g/mol. The molecule has 0 heterocycles. The SMILES string of the molecule is CC(O)C(=O)O.CCC(O)C(=O)O.O=C(O)CCCO.O=C(O)CCO. The van der Waals surface area contributed by atoms with E-state index in [0.29, 0.717) is 6.42 Å². The third kappa shape index (κ3) is 43.0. The van der Waals surface area contributed by atoms with E-state index in [2.05, 4.69) is 0 Å². The van der Waals surface area contributed by atoms with E-state index in [9.17, 15) is 19.2 Å². The molecule has 0 aliphatic heterocycles. The number of hydrogen-bond acceptors (Lipinski definition) is 8. The first kappa shape index (κ1) is 31.5. The highest BCUT2D eigenvalue weighted by molar-refractivity contribution is 5.71. The number of aliphatic hydroxyl groups is 4. The second-order valence-electron chi connectivity index (χ2n) is 4.36. The number of rotatable bonds is 8. The minimum atomic E-state index is -1.23. The zero-order chi connectivity index (χ0) is 21.7. The standard InChI is InChI=1S/2C4H8O3.2C3H6O3/c1-2-3(5)4(6)7;5-3-1-2-4(6)7;1-2(4)3(5)6;4-2-1-3(5)6/h3,5H,2H2,1H3,(H,6,7);5H,1-3H2,(H,6,7);2,4H,1H3,(H,5,6);4H,1-2H2,(H,5,6). The summed E-state index contributed by atoms with van der Waals surface area (Å²) in [6, 6.07) is 0. The molecule has 0 saturated carbocycles. The normalized spacial score (nSPS) is 11.0. The van der Waals surface area contributed by atoms with Crippen molar-refractivity contribution in [2.45, 2.75) is 51.7 Å². The number of carboxylic acid groups (broad SMARTS) is 4. The Morgan fingerprint density at radius 1 is 0.769 bits per heavy atom. The van der Waals surface area contributed by atoms with Gasteiger partial charge in [0.2, 0.25) is 0 Å². The topological polar surface area (TPSA) is 230 Å². The molecule has 0 aromatic heterocycles. The lowest BCUT2D eigenvalue weighted by Gasteiger charge is -1.95. The van der Waals surface area contributed by atoms with Crippen molar-refractivity contribution in [2.75, 3.05) is 13.2 Å². The van der Waals surface area contributed by atoms with Gasteiger partial charge < -0.3 is 40.9 Å². The van der Waals surface area contributed by atoms with Crippen LogP contribution in [0.1, 0.15) is 39.5 Å². The highest BCUT2D eigenvalue weighted by Gasteiger charge is 2.07. The second-order valence-corrected chi connectivity index (χ2v) is 4.36. The van der Waals surface area contributed by atoms with Crippen LogP contribution in [0.15, 0.2) is 0 Å². The summed E-state index contributed by atoms with van der Waals surface area (Å²) in [5.41, 5.74) is 0. The van der Waals surface area contributed by atoms with E-state index >= 15 is 0 Å². The molecule has 156 valence electrons. The van der Waals surface area contributed by atoms with Gasteiger partial charge in [0, 0.05) is 13.0 Å². The molecule has 0 rings (SSSR count). The molecule has 0 spiro atoms. The summed E-state index contributed by atoms with van der Waals surface area (Å²) in [6.07, 6.45) is -1.87. The van der Waals surface area contributed by atoms with Crippen molar-refractivity contribution in [3.05, 3.63) is 0 Å². The number of aliphatic carboxylic acids is 4. The first-order valence-corrected chi connectivity index (χ1v) is 7.34. The number of carbonyl (C=O) groups is 4. The Morgan fingerprint density at radius 2 is 1.15 bits per heavy atom. The van der Waals surface area contributed by atoms with E-state index in [1.54, 1.807) is 6.92 Å². The van der Waals surface area contributed by atoms with Crippen LogP contribution in [0.5, 0.6) is 0 Å². The van der Waals surface area contributed by atoms with Gasteiger partial charge in [-0.2, -0.15) is 0 Å². The fraction of sp³-hybridized carbons (Fsp3) is 0.714. The van der Waals surface area contributed by atoms with Crippen molar-refractivity contribution in [2.24, 2.45) is 0 Å². The van der Waals surface area contributed by atoms with Crippen LogP contribution in [0.4, 0.5) is 0 Å². The predicted octanol–water partition coefficient (Wildman–Crippen LogP) is -1.41. The summed E-state index contributed by atoms with van der Waals surface area (Å²) in [4.78, 5) is 38.2. The van der Waals surface area contributed by atoms with Gasteiger partial charge in [0.05, 0.1) is 13.0 Å². The second kappa shape index (κ2) is 22.7. The molecule has 0 bridgehead atoms. The predicted molar refractivity (Wildman–Crippen MR) is 86.5 cm³/mol. The molecule has 0 aliphatic rings. The Hall–Kier alpha value is -2.28. The van der Waals surface area contributed by atoms with Gasteiger partial charge in [-0.05, 0) is 19.8 Å². The fourth-order valence-corrected chi connectivity index (χ4v) is 0.501. The molecule has 0 amide bonds. The van der Waals surface area contributed by atoms with Crippen molar-refractivity contribution in [1.29, 1.82) is 0 Å². The van der Waals surface area contributed by atoms with E-state index in [1.165, 1.54) is 6.92 Å². The Balaban J connectivity index is -0.000000124. The molecule has 0 aromatic carbocycles. The Labute approximate surface area is 150 Å². The highest BCUT2D eigenvalue weighted by atomic mass is 16.4. The zero-order valence-corrected chi connectivity index (χ0v) is 14.6. The van der Waals surface area contributed by atoms with Gasteiger partial charge in [-0.3, -0.25) is 9.59 Å². The van der Waals surface area contributed by atoms with Gasteiger partial charge in [0.25, 0.3) is 0 Å². The monoisotopic (exact) mass is 388 g/mol. The molecular weight excluding hydrogens is 360 g/mol. The van der Waals surface area contributed by atoms with E-state index in [1.807, 2.05) is 0 Å². The highest BCUT2D eigenvalue weighted by Crippen LogP contribution is 1.86. The molecule has 0 aromatic rings.